The zero-order valence-corrected chi connectivity index (χ0v) is 18.2. The van der Waals surface area contributed by atoms with Crippen LogP contribution in [0.5, 0.6) is 5.75 Å². The third kappa shape index (κ3) is 5.91. The lowest BCUT2D eigenvalue weighted by Gasteiger charge is -2.19. The largest absolute Gasteiger partial charge is 0.478 e. The van der Waals surface area contributed by atoms with E-state index in [4.69, 9.17) is 4.74 Å². The second-order valence-electron chi connectivity index (χ2n) is 7.18. The highest BCUT2D eigenvalue weighted by Crippen LogP contribution is 2.32. The molecule has 1 atom stereocenters. The molecule has 1 N–H and O–H groups in total. The number of ether oxygens (including phenoxy) is 1. The van der Waals surface area contributed by atoms with Crippen LogP contribution in [0.15, 0.2) is 83.8 Å². The van der Waals surface area contributed by atoms with Crippen LogP contribution in [-0.2, 0) is 27.5 Å². The molecule has 1 unspecified atom stereocenters. The SMILES string of the molecule is CN(Cc1ccc(OC(C(=O)O)c2cccc(C(F)(F)F)c2)cc1)S(=O)(=O)c1ccccc1. The van der Waals surface area contributed by atoms with Crippen molar-refractivity contribution >= 4 is 16.0 Å². The predicted octanol–water partition coefficient (Wildman–Crippen LogP) is 4.73. The van der Waals surface area contributed by atoms with E-state index in [9.17, 15) is 31.5 Å². The molecule has 0 fully saturated rings. The minimum atomic E-state index is -4.62. The van der Waals surface area contributed by atoms with Gasteiger partial charge in [-0.05, 0) is 42.0 Å². The maximum atomic E-state index is 13.0. The van der Waals surface area contributed by atoms with Crippen LogP contribution >= 0.6 is 0 Å². The Balaban J connectivity index is 1.75. The first kappa shape index (κ1) is 24.3. The molecule has 0 aliphatic rings. The van der Waals surface area contributed by atoms with E-state index < -0.39 is 33.8 Å². The van der Waals surface area contributed by atoms with Crippen LogP contribution in [-0.4, -0.2) is 30.8 Å². The van der Waals surface area contributed by atoms with Gasteiger partial charge in [0, 0.05) is 19.2 Å². The van der Waals surface area contributed by atoms with Gasteiger partial charge in [0.1, 0.15) is 5.75 Å². The van der Waals surface area contributed by atoms with Gasteiger partial charge in [0.25, 0.3) is 0 Å². The standard InChI is InChI=1S/C23H20F3NO5S/c1-27(33(30,31)20-8-3-2-4-9-20)15-16-10-12-19(13-11-16)32-21(22(28)29)17-6-5-7-18(14-17)23(24,25)26/h2-14,21H,15H2,1H3,(H,28,29). The van der Waals surface area contributed by atoms with Gasteiger partial charge in [0.05, 0.1) is 10.5 Å². The Morgan fingerprint density at radius 2 is 1.64 bits per heavy atom. The molecule has 0 spiro atoms. The van der Waals surface area contributed by atoms with Crippen molar-refractivity contribution in [3.05, 3.63) is 95.6 Å². The Morgan fingerprint density at radius 3 is 2.21 bits per heavy atom. The van der Waals surface area contributed by atoms with Crippen molar-refractivity contribution in [3.8, 4) is 5.75 Å². The summed E-state index contributed by atoms with van der Waals surface area (Å²) in [5, 5.41) is 9.47. The second-order valence-corrected chi connectivity index (χ2v) is 9.22. The fourth-order valence-electron chi connectivity index (χ4n) is 3.06. The highest BCUT2D eigenvalue weighted by molar-refractivity contribution is 7.89. The lowest BCUT2D eigenvalue weighted by molar-refractivity contribution is -0.146. The molecule has 0 saturated carbocycles. The number of aliphatic carboxylic acids is 1. The van der Waals surface area contributed by atoms with E-state index in [1.165, 1.54) is 41.7 Å². The fourth-order valence-corrected chi connectivity index (χ4v) is 4.24. The van der Waals surface area contributed by atoms with E-state index in [0.29, 0.717) is 5.56 Å². The van der Waals surface area contributed by atoms with Gasteiger partial charge in [-0.1, -0.05) is 42.5 Å². The Kier molecular flexibility index (Phi) is 7.09. The minimum absolute atomic E-state index is 0.0491. The minimum Gasteiger partial charge on any atom is -0.478 e. The zero-order chi connectivity index (χ0) is 24.2. The number of carboxylic acid groups (broad SMARTS) is 1. The third-order valence-electron chi connectivity index (χ3n) is 4.77. The number of sulfonamides is 1. The molecule has 3 aromatic rings. The number of hydrogen-bond acceptors (Lipinski definition) is 4. The molecule has 10 heteroatoms. The molecular weight excluding hydrogens is 459 g/mol. The maximum Gasteiger partial charge on any atom is 0.416 e. The Bertz CT molecular complexity index is 1210. The summed E-state index contributed by atoms with van der Waals surface area (Å²) in [6.07, 6.45) is -6.27. The first-order chi connectivity index (χ1) is 15.5. The van der Waals surface area contributed by atoms with E-state index >= 15 is 0 Å². The van der Waals surface area contributed by atoms with Gasteiger partial charge in [-0.2, -0.15) is 17.5 Å². The molecule has 0 aliphatic carbocycles. The lowest BCUT2D eigenvalue weighted by atomic mass is 10.1. The molecule has 0 amide bonds. The quantitative estimate of drug-likeness (QED) is 0.505. The number of carboxylic acids is 1. The molecule has 6 nitrogen and oxygen atoms in total. The number of hydrogen-bond donors (Lipinski definition) is 1. The number of benzene rings is 3. The maximum absolute atomic E-state index is 13.0. The van der Waals surface area contributed by atoms with Crippen LogP contribution in [0.1, 0.15) is 22.8 Å². The molecule has 0 radical (unpaired) electrons. The van der Waals surface area contributed by atoms with Gasteiger partial charge < -0.3 is 9.84 Å². The van der Waals surface area contributed by atoms with Gasteiger partial charge in [-0.15, -0.1) is 0 Å². The van der Waals surface area contributed by atoms with Crippen LogP contribution < -0.4 is 4.74 Å². The molecule has 0 aliphatic heterocycles. The average Bonchev–Trinajstić information content (AvgIpc) is 2.78. The van der Waals surface area contributed by atoms with Crippen molar-refractivity contribution < 1.29 is 36.2 Å². The summed E-state index contributed by atoms with van der Waals surface area (Å²) in [4.78, 5) is 11.8. The number of halogens is 3. The van der Waals surface area contributed by atoms with Gasteiger partial charge in [0.2, 0.25) is 16.1 Å². The van der Waals surface area contributed by atoms with E-state index in [1.54, 1.807) is 30.3 Å². The Labute approximate surface area is 188 Å². The number of rotatable bonds is 8. The van der Waals surface area contributed by atoms with Crippen molar-refractivity contribution in [1.29, 1.82) is 0 Å². The highest BCUT2D eigenvalue weighted by atomic mass is 32.2. The Morgan fingerprint density at radius 1 is 1.00 bits per heavy atom. The van der Waals surface area contributed by atoms with E-state index in [0.717, 1.165) is 18.2 Å². The van der Waals surface area contributed by atoms with Gasteiger partial charge in [-0.3, -0.25) is 0 Å². The smallest absolute Gasteiger partial charge is 0.416 e. The van der Waals surface area contributed by atoms with Crippen molar-refractivity contribution in [2.24, 2.45) is 0 Å². The molecule has 0 saturated heterocycles. The summed E-state index contributed by atoms with van der Waals surface area (Å²) in [6, 6.07) is 17.8. The summed E-state index contributed by atoms with van der Waals surface area (Å²) in [5.41, 5.74) is -0.529. The van der Waals surface area contributed by atoms with Crippen LogP contribution in [0.25, 0.3) is 0 Å². The molecule has 3 rings (SSSR count). The average molecular weight is 479 g/mol. The highest BCUT2D eigenvalue weighted by Gasteiger charge is 2.32. The fraction of sp³-hybridized carbons (Fsp3) is 0.174. The first-order valence-electron chi connectivity index (χ1n) is 9.65. The van der Waals surface area contributed by atoms with Crippen molar-refractivity contribution in [2.45, 2.75) is 23.7 Å². The Hall–Kier alpha value is -3.37. The van der Waals surface area contributed by atoms with Crippen LogP contribution in [0, 0.1) is 0 Å². The summed E-state index contributed by atoms with van der Waals surface area (Å²) in [7, 11) is -2.27. The second kappa shape index (κ2) is 9.63. The van der Waals surface area contributed by atoms with Crippen molar-refractivity contribution in [2.75, 3.05) is 7.05 Å². The first-order valence-corrected chi connectivity index (χ1v) is 11.1. The van der Waals surface area contributed by atoms with Crippen LogP contribution in [0.4, 0.5) is 13.2 Å². The van der Waals surface area contributed by atoms with Gasteiger partial charge in [0.15, 0.2) is 0 Å². The lowest BCUT2D eigenvalue weighted by Crippen LogP contribution is -2.26. The third-order valence-corrected chi connectivity index (χ3v) is 6.59. The predicted molar refractivity (Wildman–Crippen MR) is 114 cm³/mol. The van der Waals surface area contributed by atoms with Crippen molar-refractivity contribution in [1.82, 2.24) is 4.31 Å². The molecule has 0 aromatic heterocycles. The van der Waals surface area contributed by atoms with Crippen LogP contribution in [0.3, 0.4) is 0 Å². The molecule has 174 valence electrons. The number of carbonyl (C=O) groups is 1. The molecule has 33 heavy (non-hydrogen) atoms. The van der Waals surface area contributed by atoms with E-state index in [2.05, 4.69) is 0 Å². The number of nitrogens with zero attached hydrogens (tertiary/aromatic N) is 1. The summed E-state index contributed by atoms with van der Waals surface area (Å²) in [5.74, 6) is -1.34. The molecular formula is C23H20F3NO5S. The molecule has 0 heterocycles. The van der Waals surface area contributed by atoms with Crippen molar-refractivity contribution in [3.63, 3.8) is 0 Å². The van der Waals surface area contributed by atoms with Gasteiger partial charge in [-0.25, -0.2) is 13.2 Å². The van der Waals surface area contributed by atoms with Gasteiger partial charge >= 0.3 is 12.1 Å². The molecule has 0 bridgehead atoms. The van der Waals surface area contributed by atoms with E-state index in [-0.39, 0.29) is 22.8 Å². The summed E-state index contributed by atoms with van der Waals surface area (Å²) in [6.45, 7) is 0.0491. The van der Waals surface area contributed by atoms with E-state index in [1.807, 2.05) is 0 Å². The molecule has 3 aromatic carbocycles. The zero-order valence-electron chi connectivity index (χ0n) is 17.4. The monoisotopic (exact) mass is 479 g/mol. The summed E-state index contributed by atoms with van der Waals surface area (Å²) < 4.78 is 70.8. The van der Waals surface area contributed by atoms with Crippen LogP contribution in [0.2, 0.25) is 0 Å². The normalized spacial score (nSPS) is 13.0. The number of alkyl halides is 3. The summed E-state index contributed by atoms with van der Waals surface area (Å²) >= 11 is 0. The topological polar surface area (TPSA) is 83.9 Å².